The Morgan fingerprint density at radius 3 is 2.56 bits per heavy atom. The first-order valence-corrected chi connectivity index (χ1v) is 5.36. The maximum absolute atomic E-state index is 11.6. The third kappa shape index (κ3) is 2.20. The molecule has 1 atom stereocenters. The molecule has 1 amide bonds. The van der Waals surface area contributed by atoms with Gasteiger partial charge in [0.05, 0.1) is 11.7 Å². The molecule has 0 saturated carbocycles. The highest BCUT2D eigenvalue weighted by Gasteiger charge is 2.25. The lowest BCUT2D eigenvalue weighted by molar-refractivity contribution is -0.119. The van der Waals surface area contributed by atoms with Crippen molar-refractivity contribution in [2.24, 2.45) is 5.73 Å². The fraction of sp³-hybridized carbons (Fsp3) is 0.444. The lowest BCUT2D eigenvalue weighted by atomic mass is 10.2. The highest BCUT2D eigenvalue weighted by atomic mass is 32.1. The first-order chi connectivity index (χ1) is 7.36. The van der Waals surface area contributed by atoms with E-state index in [2.05, 4.69) is 4.37 Å². The molecule has 0 aliphatic rings. The lowest BCUT2D eigenvalue weighted by Crippen LogP contribution is -2.40. The summed E-state index contributed by atoms with van der Waals surface area (Å²) in [6.07, 6.45) is 0. The number of rotatable bonds is 3. The number of carbonyl (C=O) groups is 2. The van der Waals surface area contributed by atoms with E-state index in [4.69, 9.17) is 10.8 Å². The van der Waals surface area contributed by atoms with Crippen LogP contribution in [-0.4, -0.2) is 34.4 Å². The van der Waals surface area contributed by atoms with Crippen LogP contribution in [0.3, 0.4) is 0 Å². The van der Waals surface area contributed by atoms with Gasteiger partial charge in [-0.15, -0.1) is 0 Å². The first kappa shape index (κ1) is 12.6. The van der Waals surface area contributed by atoms with Crippen molar-refractivity contribution in [3.8, 4) is 0 Å². The highest BCUT2D eigenvalue weighted by molar-refractivity contribution is 7.11. The van der Waals surface area contributed by atoms with Crippen LogP contribution in [0.15, 0.2) is 0 Å². The van der Waals surface area contributed by atoms with Gasteiger partial charge in [-0.25, -0.2) is 4.79 Å². The summed E-state index contributed by atoms with van der Waals surface area (Å²) in [4.78, 5) is 23.8. The molecule has 6 nitrogen and oxygen atoms in total. The minimum atomic E-state index is -1.09. The number of hydrogen-bond acceptors (Lipinski definition) is 5. The average Bonchev–Trinajstić information content (AvgIpc) is 2.57. The Kier molecular flexibility index (Phi) is 3.61. The molecule has 1 rings (SSSR count). The lowest BCUT2D eigenvalue weighted by Gasteiger charge is -2.17. The molecule has 0 radical (unpaired) electrons. The second-order valence-electron chi connectivity index (χ2n) is 3.44. The molecular weight excluding hydrogens is 230 g/mol. The largest absolute Gasteiger partial charge is 0.478 e. The van der Waals surface area contributed by atoms with Crippen molar-refractivity contribution in [2.75, 3.05) is 11.9 Å². The van der Waals surface area contributed by atoms with Gasteiger partial charge < -0.3 is 15.7 Å². The minimum Gasteiger partial charge on any atom is -0.478 e. The summed E-state index contributed by atoms with van der Waals surface area (Å²) in [5.41, 5.74) is 5.91. The topological polar surface area (TPSA) is 96.5 Å². The molecule has 1 aromatic heterocycles. The van der Waals surface area contributed by atoms with Crippen molar-refractivity contribution in [3.63, 3.8) is 0 Å². The number of carbonyl (C=O) groups excluding carboxylic acids is 1. The number of carboxylic acid groups (broad SMARTS) is 1. The molecule has 1 aromatic rings. The zero-order chi connectivity index (χ0) is 12.5. The fourth-order valence-electron chi connectivity index (χ4n) is 1.24. The van der Waals surface area contributed by atoms with Crippen LogP contribution in [0.2, 0.25) is 0 Å². The molecule has 1 heterocycles. The van der Waals surface area contributed by atoms with Gasteiger partial charge in [0.15, 0.2) is 0 Å². The van der Waals surface area contributed by atoms with Crippen LogP contribution in [0, 0.1) is 6.92 Å². The van der Waals surface area contributed by atoms with Gasteiger partial charge in [0.25, 0.3) is 0 Å². The normalized spacial score (nSPS) is 12.2. The number of anilines is 1. The smallest absolute Gasteiger partial charge is 0.340 e. The Hall–Kier alpha value is -1.47. The predicted octanol–water partition coefficient (Wildman–Crippen LogP) is 0.460. The van der Waals surface area contributed by atoms with Crippen molar-refractivity contribution in [3.05, 3.63) is 11.3 Å². The molecule has 3 N–H and O–H groups in total. The van der Waals surface area contributed by atoms with E-state index in [1.807, 2.05) is 0 Å². The zero-order valence-electron chi connectivity index (χ0n) is 9.22. The van der Waals surface area contributed by atoms with Gasteiger partial charge in [0, 0.05) is 7.05 Å². The Morgan fingerprint density at radius 1 is 1.56 bits per heavy atom. The van der Waals surface area contributed by atoms with Crippen LogP contribution in [0.1, 0.15) is 23.0 Å². The third-order valence-electron chi connectivity index (χ3n) is 2.08. The fourth-order valence-corrected chi connectivity index (χ4v) is 2.09. The van der Waals surface area contributed by atoms with Gasteiger partial charge in [0.1, 0.15) is 10.6 Å². The van der Waals surface area contributed by atoms with E-state index >= 15 is 0 Å². The van der Waals surface area contributed by atoms with Crippen LogP contribution in [0.4, 0.5) is 5.00 Å². The molecule has 16 heavy (non-hydrogen) atoms. The summed E-state index contributed by atoms with van der Waals surface area (Å²) in [5, 5.41) is 9.31. The molecular formula is C9H13N3O3S. The van der Waals surface area contributed by atoms with Crippen molar-refractivity contribution in [1.82, 2.24) is 4.37 Å². The number of nitrogens with two attached hydrogens (primary N) is 1. The van der Waals surface area contributed by atoms with E-state index in [1.54, 1.807) is 13.8 Å². The van der Waals surface area contributed by atoms with Crippen molar-refractivity contribution >= 4 is 28.4 Å². The molecule has 0 spiro atoms. The second kappa shape index (κ2) is 4.58. The van der Waals surface area contributed by atoms with E-state index in [1.165, 1.54) is 11.9 Å². The van der Waals surface area contributed by atoms with E-state index < -0.39 is 12.0 Å². The van der Waals surface area contributed by atoms with E-state index in [-0.39, 0.29) is 11.5 Å². The van der Waals surface area contributed by atoms with Crippen LogP contribution in [0.25, 0.3) is 0 Å². The molecule has 7 heteroatoms. The number of hydrogen-bond donors (Lipinski definition) is 2. The summed E-state index contributed by atoms with van der Waals surface area (Å²) >= 11 is 0.977. The molecule has 0 fully saturated rings. The Morgan fingerprint density at radius 2 is 2.12 bits per heavy atom. The maximum Gasteiger partial charge on any atom is 0.340 e. The summed E-state index contributed by atoms with van der Waals surface area (Å²) in [5.74, 6) is -1.43. The van der Waals surface area contributed by atoms with E-state index in [9.17, 15) is 9.59 Å². The van der Waals surface area contributed by atoms with Crippen LogP contribution >= 0.6 is 11.5 Å². The Labute approximate surface area is 96.8 Å². The highest BCUT2D eigenvalue weighted by Crippen LogP contribution is 2.27. The average molecular weight is 243 g/mol. The number of nitrogens with zero attached hydrogens (tertiary/aromatic N) is 2. The van der Waals surface area contributed by atoms with Crippen molar-refractivity contribution < 1.29 is 14.7 Å². The summed E-state index contributed by atoms with van der Waals surface area (Å²) in [6, 6.07) is -0.672. The standard InChI is InChI=1S/C9H13N3O3S/c1-4(10)7(13)12(3)8-6(9(14)15)5(2)11-16-8/h4H,10H2,1-3H3,(H,14,15)/t4-/m1/s1. The molecule has 0 aliphatic heterocycles. The quantitative estimate of drug-likeness (QED) is 0.803. The van der Waals surface area contributed by atoms with Gasteiger partial charge in [-0.05, 0) is 25.4 Å². The number of aromatic carboxylic acids is 1. The molecule has 88 valence electrons. The molecule has 0 bridgehead atoms. The SMILES string of the molecule is Cc1nsc(N(C)C(=O)[C@@H](C)N)c1C(=O)O. The monoisotopic (exact) mass is 243 g/mol. The second-order valence-corrected chi connectivity index (χ2v) is 4.19. The molecule has 0 aliphatic carbocycles. The van der Waals surface area contributed by atoms with E-state index in [0.29, 0.717) is 10.7 Å². The number of amides is 1. The molecule has 0 unspecified atom stereocenters. The third-order valence-corrected chi connectivity index (χ3v) is 3.10. The predicted molar refractivity (Wildman–Crippen MR) is 60.9 cm³/mol. The van der Waals surface area contributed by atoms with Crippen LogP contribution in [0.5, 0.6) is 0 Å². The van der Waals surface area contributed by atoms with Gasteiger partial charge in [-0.3, -0.25) is 4.79 Å². The van der Waals surface area contributed by atoms with Gasteiger partial charge in [0.2, 0.25) is 5.91 Å². The summed E-state index contributed by atoms with van der Waals surface area (Å²) in [7, 11) is 1.49. The van der Waals surface area contributed by atoms with Crippen molar-refractivity contribution in [2.45, 2.75) is 19.9 Å². The first-order valence-electron chi connectivity index (χ1n) is 4.59. The maximum atomic E-state index is 11.6. The van der Waals surface area contributed by atoms with Gasteiger partial charge in [-0.2, -0.15) is 4.37 Å². The number of carboxylic acids is 1. The van der Waals surface area contributed by atoms with E-state index in [0.717, 1.165) is 11.5 Å². The van der Waals surface area contributed by atoms with Gasteiger partial charge in [-0.1, -0.05) is 0 Å². The number of likely N-dealkylation sites (N-methyl/N-ethyl adjacent to an activating group) is 1. The van der Waals surface area contributed by atoms with Crippen LogP contribution in [-0.2, 0) is 4.79 Å². The van der Waals surface area contributed by atoms with Crippen LogP contribution < -0.4 is 10.6 Å². The van der Waals surface area contributed by atoms with Crippen molar-refractivity contribution in [1.29, 1.82) is 0 Å². The number of aromatic nitrogens is 1. The summed E-state index contributed by atoms with van der Waals surface area (Å²) in [6.45, 7) is 3.14. The number of aryl methyl sites for hydroxylation is 1. The molecule has 0 saturated heterocycles. The molecule has 0 aromatic carbocycles. The minimum absolute atomic E-state index is 0.0569. The Bertz CT molecular complexity index is 428. The van der Waals surface area contributed by atoms with Gasteiger partial charge >= 0.3 is 5.97 Å². The summed E-state index contributed by atoms with van der Waals surface area (Å²) < 4.78 is 3.93. The zero-order valence-corrected chi connectivity index (χ0v) is 10.0. The Balaban J connectivity index is 3.14.